The molecule has 1 atom stereocenters. The van der Waals surface area contributed by atoms with Crippen molar-refractivity contribution in [3.63, 3.8) is 0 Å². The van der Waals surface area contributed by atoms with E-state index in [1.165, 1.54) is 0 Å². The number of aromatic nitrogens is 2. The van der Waals surface area contributed by atoms with Gasteiger partial charge in [0.05, 0.1) is 17.3 Å². The number of hydrogen-bond acceptors (Lipinski definition) is 3. The van der Waals surface area contributed by atoms with Crippen molar-refractivity contribution in [2.75, 3.05) is 13.6 Å². The van der Waals surface area contributed by atoms with Gasteiger partial charge in [0.15, 0.2) is 0 Å². The van der Waals surface area contributed by atoms with E-state index in [4.69, 9.17) is 0 Å². The fourth-order valence-electron chi connectivity index (χ4n) is 1.55. The number of fused-ring (bicyclic) bond motifs is 1. The number of nitrogens with one attached hydrogen (secondary N) is 2. The Bertz CT molecular complexity index is 520. The summed E-state index contributed by atoms with van der Waals surface area (Å²) in [5.41, 5.74) is 1.43. The molecule has 0 aromatic carbocycles. The molecule has 0 bridgehead atoms. The van der Waals surface area contributed by atoms with Gasteiger partial charge in [0.25, 0.3) is 5.91 Å². The molecule has 0 spiro atoms. The Morgan fingerprint density at radius 2 is 2.35 bits per heavy atom. The van der Waals surface area contributed by atoms with Crippen LogP contribution < -0.4 is 10.6 Å². The third-order valence-corrected chi connectivity index (χ3v) is 2.73. The quantitative estimate of drug-likeness (QED) is 0.814. The smallest absolute Gasteiger partial charge is 0.255 e. The lowest BCUT2D eigenvalue weighted by molar-refractivity contribution is 0.0952. The number of carbonyl (C=O) groups is 1. The van der Waals surface area contributed by atoms with E-state index in [9.17, 15) is 4.79 Å². The van der Waals surface area contributed by atoms with Crippen molar-refractivity contribution in [3.05, 3.63) is 36.2 Å². The Hall–Kier alpha value is -1.88. The lowest BCUT2D eigenvalue weighted by atomic mass is 10.2. The number of likely N-dealkylation sites (N-methyl/N-ethyl adjacent to an activating group) is 1. The second kappa shape index (κ2) is 4.97. The number of carbonyl (C=O) groups excluding carboxylic acids is 1. The van der Waals surface area contributed by atoms with Crippen molar-refractivity contribution in [2.45, 2.75) is 13.0 Å². The van der Waals surface area contributed by atoms with Gasteiger partial charge in [-0.3, -0.25) is 4.79 Å². The van der Waals surface area contributed by atoms with Gasteiger partial charge in [-0.05, 0) is 26.1 Å². The fraction of sp³-hybridized carbons (Fsp3) is 0.333. The molecule has 0 fully saturated rings. The second-order valence-corrected chi connectivity index (χ2v) is 3.99. The zero-order valence-electron chi connectivity index (χ0n) is 9.97. The summed E-state index contributed by atoms with van der Waals surface area (Å²) < 4.78 is 1.69. The minimum atomic E-state index is -0.0895. The van der Waals surface area contributed by atoms with E-state index in [1.807, 2.05) is 38.4 Å². The average Bonchev–Trinajstić information content (AvgIpc) is 2.79. The average molecular weight is 232 g/mol. The molecule has 0 aliphatic rings. The van der Waals surface area contributed by atoms with Crippen LogP contribution in [0.25, 0.3) is 5.52 Å². The highest BCUT2D eigenvalue weighted by Gasteiger charge is 2.12. The maximum atomic E-state index is 11.9. The summed E-state index contributed by atoms with van der Waals surface area (Å²) in [5, 5.41) is 10.1. The number of amides is 1. The first kappa shape index (κ1) is 11.6. The predicted molar refractivity (Wildman–Crippen MR) is 66.0 cm³/mol. The standard InChI is InChI=1S/C12H16N4O/c1-9(13-2)7-14-12(17)10-8-15-16-6-4-3-5-11(10)16/h3-6,8-9,13H,7H2,1-2H3,(H,14,17). The first-order valence-electron chi connectivity index (χ1n) is 5.60. The van der Waals surface area contributed by atoms with Crippen LogP contribution in [-0.2, 0) is 0 Å². The predicted octanol–water partition coefficient (Wildman–Crippen LogP) is 0.672. The zero-order valence-corrected chi connectivity index (χ0v) is 9.97. The van der Waals surface area contributed by atoms with Crippen LogP contribution in [0.4, 0.5) is 0 Å². The molecule has 0 saturated carbocycles. The third-order valence-electron chi connectivity index (χ3n) is 2.73. The molecule has 1 amide bonds. The summed E-state index contributed by atoms with van der Waals surface area (Å²) in [7, 11) is 1.87. The van der Waals surface area contributed by atoms with Crippen molar-refractivity contribution in [2.24, 2.45) is 0 Å². The van der Waals surface area contributed by atoms with Gasteiger partial charge in [0, 0.05) is 18.8 Å². The summed E-state index contributed by atoms with van der Waals surface area (Å²) in [6, 6.07) is 5.90. The molecule has 2 aromatic rings. The van der Waals surface area contributed by atoms with E-state index in [0.717, 1.165) is 5.52 Å². The summed E-state index contributed by atoms with van der Waals surface area (Å²) >= 11 is 0. The van der Waals surface area contributed by atoms with E-state index in [1.54, 1.807) is 10.7 Å². The maximum absolute atomic E-state index is 11.9. The zero-order chi connectivity index (χ0) is 12.3. The SMILES string of the molecule is CNC(C)CNC(=O)c1cnn2ccccc12. The van der Waals surface area contributed by atoms with Crippen LogP contribution in [0.15, 0.2) is 30.6 Å². The molecule has 90 valence electrons. The summed E-state index contributed by atoms with van der Waals surface area (Å²) in [6.07, 6.45) is 3.41. The number of pyridine rings is 1. The molecule has 2 heterocycles. The molecule has 5 nitrogen and oxygen atoms in total. The van der Waals surface area contributed by atoms with Crippen molar-refractivity contribution < 1.29 is 4.79 Å². The van der Waals surface area contributed by atoms with Crippen LogP contribution >= 0.6 is 0 Å². The van der Waals surface area contributed by atoms with Gasteiger partial charge < -0.3 is 10.6 Å². The van der Waals surface area contributed by atoms with E-state index < -0.39 is 0 Å². The van der Waals surface area contributed by atoms with Gasteiger partial charge in [0.1, 0.15) is 0 Å². The van der Waals surface area contributed by atoms with Gasteiger partial charge in [0.2, 0.25) is 0 Å². The second-order valence-electron chi connectivity index (χ2n) is 3.99. The first-order valence-corrected chi connectivity index (χ1v) is 5.60. The summed E-state index contributed by atoms with van der Waals surface area (Å²) in [5.74, 6) is -0.0895. The van der Waals surface area contributed by atoms with E-state index in [-0.39, 0.29) is 11.9 Å². The van der Waals surface area contributed by atoms with E-state index in [2.05, 4.69) is 15.7 Å². The minimum Gasteiger partial charge on any atom is -0.350 e. The molecule has 0 saturated heterocycles. The van der Waals surface area contributed by atoms with Gasteiger partial charge in [-0.25, -0.2) is 4.52 Å². The summed E-state index contributed by atoms with van der Waals surface area (Å²) in [4.78, 5) is 11.9. The molecule has 1 unspecified atom stereocenters. The summed E-state index contributed by atoms with van der Waals surface area (Å²) in [6.45, 7) is 2.61. The first-order chi connectivity index (χ1) is 8.22. The van der Waals surface area contributed by atoms with Gasteiger partial charge in [-0.15, -0.1) is 0 Å². The molecule has 5 heteroatoms. The Morgan fingerprint density at radius 1 is 1.53 bits per heavy atom. The van der Waals surface area contributed by atoms with Crippen LogP contribution in [0.5, 0.6) is 0 Å². The molecule has 0 aliphatic heterocycles. The Balaban J connectivity index is 2.14. The fourth-order valence-corrected chi connectivity index (χ4v) is 1.55. The molecule has 0 radical (unpaired) electrons. The van der Waals surface area contributed by atoms with Crippen molar-refractivity contribution in [1.29, 1.82) is 0 Å². The lowest BCUT2D eigenvalue weighted by Crippen LogP contribution is -2.37. The van der Waals surface area contributed by atoms with Crippen molar-refractivity contribution in [3.8, 4) is 0 Å². The third kappa shape index (κ3) is 2.45. The lowest BCUT2D eigenvalue weighted by Gasteiger charge is -2.10. The Kier molecular flexibility index (Phi) is 3.39. The largest absolute Gasteiger partial charge is 0.350 e. The highest BCUT2D eigenvalue weighted by atomic mass is 16.1. The Labute approximate surface area is 99.8 Å². The topological polar surface area (TPSA) is 58.4 Å². The maximum Gasteiger partial charge on any atom is 0.255 e. The highest BCUT2D eigenvalue weighted by molar-refractivity contribution is 6.00. The van der Waals surface area contributed by atoms with Crippen LogP contribution in [0, 0.1) is 0 Å². The number of rotatable bonds is 4. The van der Waals surface area contributed by atoms with Gasteiger partial charge in [-0.1, -0.05) is 6.07 Å². The molecule has 17 heavy (non-hydrogen) atoms. The van der Waals surface area contributed by atoms with E-state index >= 15 is 0 Å². The molecule has 2 aromatic heterocycles. The molecular formula is C12H16N4O. The van der Waals surface area contributed by atoms with Crippen LogP contribution in [-0.4, -0.2) is 35.2 Å². The normalized spacial score (nSPS) is 12.6. The van der Waals surface area contributed by atoms with E-state index in [0.29, 0.717) is 12.1 Å². The van der Waals surface area contributed by atoms with Gasteiger partial charge in [-0.2, -0.15) is 5.10 Å². The molecule has 0 aliphatic carbocycles. The van der Waals surface area contributed by atoms with Crippen LogP contribution in [0.1, 0.15) is 17.3 Å². The highest BCUT2D eigenvalue weighted by Crippen LogP contribution is 2.09. The molecule has 2 N–H and O–H groups in total. The minimum absolute atomic E-state index is 0.0895. The van der Waals surface area contributed by atoms with Crippen LogP contribution in [0.3, 0.4) is 0 Å². The van der Waals surface area contributed by atoms with Crippen LogP contribution in [0.2, 0.25) is 0 Å². The van der Waals surface area contributed by atoms with Crippen molar-refractivity contribution >= 4 is 11.4 Å². The number of hydrogen-bond donors (Lipinski definition) is 2. The van der Waals surface area contributed by atoms with Gasteiger partial charge >= 0.3 is 0 Å². The number of nitrogens with zero attached hydrogens (tertiary/aromatic N) is 2. The molecular weight excluding hydrogens is 216 g/mol. The Morgan fingerprint density at radius 3 is 3.12 bits per heavy atom. The van der Waals surface area contributed by atoms with Crippen molar-refractivity contribution in [1.82, 2.24) is 20.2 Å². The molecule has 2 rings (SSSR count). The monoisotopic (exact) mass is 232 g/mol.